The largest absolute Gasteiger partial charge is 0.385 e. The predicted molar refractivity (Wildman–Crippen MR) is 114 cm³/mol. The highest BCUT2D eigenvalue weighted by Crippen LogP contribution is 2.23. The first kappa shape index (κ1) is 21.9. The first-order valence-electron chi connectivity index (χ1n) is 10.1. The van der Waals surface area contributed by atoms with E-state index in [1.165, 1.54) is 0 Å². The molecule has 0 radical (unpaired) electrons. The molecule has 5 heteroatoms. The fraction of sp³-hybridized carbons (Fsp3) is 0.478. The van der Waals surface area contributed by atoms with E-state index in [9.17, 15) is 9.59 Å². The third kappa shape index (κ3) is 4.71. The van der Waals surface area contributed by atoms with Crippen molar-refractivity contribution in [1.82, 2.24) is 4.57 Å². The number of carbonyl (C=O) groups is 1. The number of carbonyl (C=O) groups excluding carboxylic acids is 1. The minimum Gasteiger partial charge on any atom is -0.385 e. The normalized spacial score (nSPS) is 10.9. The van der Waals surface area contributed by atoms with Crippen molar-refractivity contribution < 1.29 is 9.53 Å². The first-order chi connectivity index (χ1) is 13.5. The Morgan fingerprint density at radius 1 is 1.11 bits per heavy atom. The number of rotatable bonds is 9. The van der Waals surface area contributed by atoms with Crippen LogP contribution in [0.1, 0.15) is 60.1 Å². The Hall–Kier alpha value is -2.40. The zero-order valence-corrected chi connectivity index (χ0v) is 17.7. The van der Waals surface area contributed by atoms with Crippen LogP contribution in [0.15, 0.2) is 29.1 Å². The van der Waals surface area contributed by atoms with Gasteiger partial charge in [-0.1, -0.05) is 39.0 Å². The summed E-state index contributed by atoms with van der Waals surface area (Å²) in [6.45, 7) is 9.38. The summed E-state index contributed by atoms with van der Waals surface area (Å²) in [5, 5.41) is 3.05. The van der Waals surface area contributed by atoms with E-state index in [0.29, 0.717) is 13.0 Å². The Morgan fingerprint density at radius 3 is 2.29 bits per heavy atom. The summed E-state index contributed by atoms with van der Waals surface area (Å²) in [5.74, 6) is -0.321. The molecular weight excluding hydrogens is 352 g/mol. The monoisotopic (exact) mass is 384 g/mol. The van der Waals surface area contributed by atoms with E-state index in [-0.39, 0.29) is 16.9 Å². The summed E-state index contributed by atoms with van der Waals surface area (Å²) in [4.78, 5) is 25.9. The standard InChI is InChI=1S/C23H32N2O3/c1-6-17-11-9-12-18(7-2)22(17)24-23(27)21-19(8-3)25(13-10-14-28-5)16(4)15-20(21)26/h9,11-12,15H,6-8,10,13-14H2,1-5H3,(H,24,27). The molecule has 1 heterocycles. The molecule has 0 fully saturated rings. The second kappa shape index (κ2) is 10.2. The van der Waals surface area contributed by atoms with Crippen LogP contribution >= 0.6 is 0 Å². The fourth-order valence-electron chi connectivity index (χ4n) is 3.70. The Labute approximate surface area is 167 Å². The Kier molecular flexibility index (Phi) is 8.00. The van der Waals surface area contributed by atoms with Crippen molar-refractivity contribution in [2.45, 2.75) is 59.9 Å². The molecule has 0 aliphatic rings. The van der Waals surface area contributed by atoms with Gasteiger partial charge in [-0.15, -0.1) is 0 Å². The van der Waals surface area contributed by atoms with Gasteiger partial charge in [-0.2, -0.15) is 0 Å². The maximum Gasteiger partial charge on any atom is 0.261 e. The zero-order chi connectivity index (χ0) is 20.7. The van der Waals surface area contributed by atoms with Gasteiger partial charge in [0.15, 0.2) is 5.43 Å². The Balaban J connectivity index is 2.49. The summed E-state index contributed by atoms with van der Waals surface area (Å²) < 4.78 is 7.23. The molecule has 2 rings (SSSR count). The van der Waals surface area contributed by atoms with Gasteiger partial charge in [-0.05, 0) is 43.7 Å². The van der Waals surface area contributed by atoms with Crippen molar-refractivity contribution in [1.29, 1.82) is 0 Å². The number of hydrogen-bond acceptors (Lipinski definition) is 3. The fourth-order valence-corrected chi connectivity index (χ4v) is 3.70. The molecule has 0 bridgehead atoms. The molecule has 1 aromatic carbocycles. The predicted octanol–water partition coefficient (Wildman–Crippen LogP) is 4.13. The molecule has 152 valence electrons. The van der Waals surface area contributed by atoms with Crippen molar-refractivity contribution in [3.05, 3.63) is 62.6 Å². The summed E-state index contributed by atoms with van der Waals surface area (Å²) in [6.07, 6.45) is 3.08. The third-order valence-electron chi connectivity index (χ3n) is 5.16. The average Bonchev–Trinajstić information content (AvgIpc) is 2.69. The second-order valence-electron chi connectivity index (χ2n) is 6.94. The SMILES string of the molecule is CCc1cccc(CC)c1NC(=O)c1c(CC)n(CCCOC)c(C)cc1=O. The highest BCUT2D eigenvalue weighted by molar-refractivity contribution is 6.05. The third-order valence-corrected chi connectivity index (χ3v) is 5.16. The summed E-state index contributed by atoms with van der Waals surface area (Å²) >= 11 is 0. The lowest BCUT2D eigenvalue weighted by Gasteiger charge is -2.20. The van der Waals surface area contributed by atoms with E-state index in [0.717, 1.165) is 54.0 Å². The van der Waals surface area contributed by atoms with Crippen molar-refractivity contribution in [3.63, 3.8) is 0 Å². The second-order valence-corrected chi connectivity index (χ2v) is 6.94. The number of pyridine rings is 1. The van der Waals surface area contributed by atoms with Crippen molar-refractivity contribution in [3.8, 4) is 0 Å². The molecule has 1 amide bonds. The first-order valence-corrected chi connectivity index (χ1v) is 10.1. The highest BCUT2D eigenvalue weighted by Gasteiger charge is 2.20. The molecule has 0 unspecified atom stereocenters. The molecular formula is C23H32N2O3. The molecule has 2 aromatic rings. The van der Waals surface area contributed by atoms with Crippen LogP contribution in [0, 0.1) is 6.92 Å². The Morgan fingerprint density at radius 2 is 1.75 bits per heavy atom. The zero-order valence-electron chi connectivity index (χ0n) is 17.7. The van der Waals surface area contributed by atoms with Crippen LogP contribution in [0.5, 0.6) is 0 Å². The van der Waals surface area contributed by atoms with E-state index in [2.05, 4.69) is 23.7 Å². The molecule has 0 atom stereocenters. The molecule has 0 saturated carbocycles. The van der Waals surface area contributed by atoms with Gasteiger partial charge in [0, 0.05) is 43.4 Å². The van der Waals surface area contributed by atoms with Gasteiger partial charge in [0.05, 0.1) is 0 Å². The van der Waals surface area contributed by atoms with Crippen LogP contribution in [0.4, 0.5) is 5.69 Å². The lowest BCUT2D eigenvalue weighted by Crippen LogP contribution is -2.29. The minimum absolute atomic E-state index is 0.220. The number of hydrogen-bond donors (Lipinski definition) is 1. The number of methoxy groups -OCH3 is 1. The number of aryl methyl sites for hydroxylation is 3. The number of para-hydroxylation sites is 1. The van der Waals surface area contributed by atoms with E-state index >= 15 is 0 Å². The smallest absolute Gasteiger partial charge is 0.261 e. The number of anilines is 1. The van der Waals surface area contributed by atoms with Crippen LogP contribution in [-0.4, -0.2) is 24.2 Å². The van der Waals surface area contributed by atoms with Crippen LogP contribution in [0.3, 0.4) is 0 Å². The summed E-state index contributed by atoms with van der Waals surface area (Å²) in [5.41, 5.74) is 4.69. The number of ether oxygens (including phenoxy) is 1. The van der Waals surface area contributed by atoms with Crippen LogP contribution in [-0.2, 0) is 30.5 Å². The van der Waals surface area contributed by atoms with Crippen molar-refractivity contribution >= 4 is 11.6 Å². The summed E-state index contributed by atoms with van der Waals surface area (Å²) in [7, 11) is 1.67. The van der Waals surface area contributed by atoms with Gasteiger partial charge in [-0.25, -0.2) is 0 Å². The summed E-state index contributed by atoms with van der Waals surface area (Å²) in [6, 6.07) is 7.62. The van der Waals surface area contributed by atoms with E-state index in [1.54, 1.807) is 13.2 Å². The molecule has 0 aliphatic carbocycles. The number of aromatic nitrogens is 1. The topological polar surface area (TPSA) is 60.3 Å². The van der Waals surface area contributed by atoms with Gasteiger partial charge in [0.25, 0.3) is 5.91 Å². The highest BCUT2D eigenvalue weighted by atomic mass is 16.5. The minimum atomic E-state index is -0.321. The molecule has 0 aliphatic heterocycles. The van der Waals surface area contributed by atoms with Gasteiger partial charge in [0.2, 0.25) is 0 Å². The number of amides is 1. The number of benzene rings is 1. The van der Waals surface area contributed by atoms with Crippen molar-refractivity contribution in [2.75, 3.05) is 19.0 Å². The molecule has 1 aromatic heterocycles. The maximum absolute atomic E-state index is 13.2. The lowest BCUT2D eigenvalue weighted by atomic mass is 10.0. The van der Waals surface area contributed by atoms with E-state index < -0.39 is 0 Å². The quantitative estimate of drug-likeness (QED) is 0.661. The van der Waals surface area contributed by atoms with Crippen molar-refractivity contribution in [2.24, 2.45) is 0 Å². The van der Waals surface area contributed by atoms with E-state index in [4.69, 9.17) is 4.74 Å². The molecule has 28 heavy (non-hydrogen) atoms. The lowest BCUT2D eigenvalue weighted by molar-refractivity contribution is 0.102. The average molecular weight is 385 g/mol. The van der Waals surface area contributed by atoms with E-state index in [1.807, 2.05) is 32.0 Å². The molecule has 0 spiro atoms. The van der Waals surface area contributed by atoms with Gasteiger partial charge in [-0.3, -0.25) is 9.59 Å². The molecule has 0 saturated heterocycles. The van der Waals surface area contributed by atoms with Crippen LogP contribution in [0.2, 0.25) is 0 Å². The van der Waals surface area contributed by atoms with Crippen LogP contribution in [0.25, 0.3) is 0 Å². The number of nitrogens with zero attached hydrogens (tertiary/aromatic N) is 1. The Bertz CT molecular complexity index is 862. The molecule has 5 nitrogen and oxygen atoms in total. The van der Waals surface area contributed by atoms with Crippen LogP contribution < -0.4 is 10.7 Å². The van der Waals surface area contributed by atoms with Gasteiger partial charge < -0.3 is 14.6 Å². The van der Waals surface area contributed by atoms with Gasteiger partial charge in [0.1, 0.15) is 5.56 Å². The number of nitrogens with one attached hydrogen (secondary N) is 1. The maximum atomic E-state index is 13.2. The molecule has 1 N–H and O–H groups in total. The van der Waals surface area contributed by atoms with Gasteiger partial charge >= 0.3 is 0 Å².